The van der Waals surface area contributed by atoms with Crippen LogP contribution in [0, 0.1) is 5.41 Å². The summed E-state index contributed by atoms with van der Waals surface area (Å²) in [7, 11) is 0. The summed E-state index contributed by atoms with van der Waals surface area (Å²) in [5.41, 5.74) is 5.17. The fraction of sp³-hybridized carbons (Fsp3) is 0.444. The second kappa shape index (κ2) is 9.38. The lowest BCUT2D eigenvalue weighted by molar-refractivity contribution is -0.147. The van der Waals surface area contributed by atoms with E-state index in [0.29, 0.717) is 32.4 Å². The third-order valence-electron chi connectivity index (χ3n) is 6.88. The molecule has 0 atom stereocenters. The summed E-state index contributed by atoms with van der Waals surface area (Å²) in [6.45, 7) is 7.58. The number of hydrogen-bond donors (Lipinski definition) is 1. The maximum absolute atomic E-state index is 13.0. The molecule has 1 N–H and O–H groups in total. The highest BCUT2D eigenvalue weighted by molar-refractivity contribution is 5.84. The molecule has 1 aliphatic rings. The molecule has 0 aliphatic carbocycles. The number of carboxylic acids is 1. The van der Waals surface area contributed by atoms with Gasteiger partial charge in [0.2, 0.25) is 5.91 Å². The summed E-state index contributed by atoms with van der Waals surface area (Å²) in [6, 6.07) is 12.8. The Bertz CT molecular complexity index is 1180. The molecule has 0 saturated carbocycles. The van der Waals surface area contributed by atoms with Crippen LogP contribution in [0.1, 0.15) is 62.4 Å². The first-order valence-electron chi connectivity index (χ1n) is 11.8. The third-order valence-corrected chi connectivity index (χ3v) is 6.88. The number of aromatic nitrogens is 2. The van der Waals surface area contributed by atoms with Gasteiger partial charge in [-0.2, -0.15) is 0 Å². The van der Waals surface area contributed by atoms with Gasteiger partial charge in [0.05, 0.1) is 12.0 Å². The predicted octanol–water partition coefficient (Wildman–Crippen LogP) is 4.81. The minimum absolute atomic E-state index is 0.0968. The van der Waals surface area contributed by atoms with Gasteiger partial charge in [-0.25, -0.2) is 4.98 Å². The van der Waals surface area contributed by atoms with E-state index in [-0.39, 0.29) is 5.91 Å². The molecule has 0 spiro atoms. The number of benzene rings is 1. The molecule has 6 heteroatoms. The van der Waals surface area contributed by atoms with Crippen LogP contribution in [0.5, 0.6) is 0 Å². The Hall–Kier alpha value is -3.15. The SMILES string of the molecule is CCc1cccc(Cn2c3c(c4cccnc42)CCN(C(=O)CCCC(C)(C)C(=O)O)C3)c1. The fourth-order valence-corrected chi connectivity index (χ4v) is 4.72. The molecule has 0 bridgehead atoms. The fourth-order valence-electron chi connectivity index (χ4n) is 4.72. The van der Waals surface area contributed by atoms with Crippen LogP contribution in [-0.2, 0) is 35.5 Å². The van der Waals surface area contributed by atoms with Crippen LogP contribution >= 0.6 is 0 Å². The Morgan fingerprint density at radius 3 is 2.70 bits per heavy atom. The highest BCUT2D eigenvalue weighted by atomic mass is 16.4. The number of fused-ring (bicyclic) bond motifs is 3. The molecular formula is C27H33N3O3. The Balaban J connectivity index is 1.56. The molecule has 33 heavy (non-hydrogen) atoms. The van der Waals surface area contributed by atoms with Crippen molar-refractivity contribution in [2.24, 2.45) is 5.41 Å². The Morgan fingerprint density at radius 2 is 1.94 bits per heavy atom. The monoisotopic (exact) mass is 447 g/mol. The zero-order valence-electron chi connectivity index (χ0n) is 19.8. The van der Waals surface area contributed by atoms with Gasteiger partial charge in [-0.3, -0.25) is 9.59 Å². The maximum Gasteiger partial charge on any atom is 0.309 e. The van der Waals surface area contributed by atoms with E-state index in [2.05, 4.69) is 41.8 Å². The van der Waals surface area contributed by atoms with Crippen LogP contribution in [0.4, 0.5) is 0 Å². The number of carbonyl (C=O) groups excluding carboxylic acids is 1. The summed E-state index contributed by atoms with van der Waals surface area (Å²) in [5.74, 6) is -0.721. The van der Waals surface area contributed by atoms with Crippen molar-refractivity contribution in [2.75, 3.05) is 6.54 Å². The number of nitrogens with zero attached hydrogens (tertiary/aromatic N) is 3. The lowest BCUT2D eigenvalue weighted by Crippen LogP contribution is -2.36. The number of pyridine rings is 1. The van der Waals surface area contributed by atoms with Gasteiger partial charge in [-0.05, 0) is 68.4 Å². The normalized spacial score (nSPS) is 13.8. The quantitative estimate of drug-likeness (QED) is 0.538. The first-order valence-corrected chi connectivity index (χ1v) is 11.8. The Morgan fingerprint density at radius 1 is 1.15 bits per heavy atom. The Kier molecular flexibility index (Phi) is 6.54. The summed E-state index contributed by atoms with van der Waals surface area (Å²) >= 11 is 0. The van der Waals surface area contributed by atoms with Crippen molar-refractivity contribution in [3.63, 3.8) is 0 Å². The van der Waals surface area contributed by atoms with Gasteiger partial charge in [-0.15, -0.1) is 0 Å². The van der Waals surface area contributed by atoms with E-state index in [1.165, 1.54) is 22.1 Å². The zero-order valence-corrected chi connectivity index (χ0v) is 19.8. The molecule has 1 aliphatic heterocycles. The number of carbonyl (C=O) groups is 2. The minimum atomic E-state index is -0.818. The van der Waals surface area contributed by atoms with E-state index in [1.54, 1.807) is 13.8 Å². The molecule has 4 rings (SSSR count). The first kappa shape index (κ1) is 23.0. The van der Waals surface area contributed by atoms with Crippen LogP contribution in [0.3, 0.4) is 0 Å². The molecule has 0 fully saturated rings. The predicted molar refractivity (Wildman–Crippen MR) is 129 cm³/mol. The highest BCUT2D eigenvalue weighted by Crippen LogP contribution is 2.31. The van der Waals surface area contributed by atoms with Crippen molar-refractivity contribution >= 4 is 22.9 Å². The lowest BCUT2D eigenvalue weighted by Gasteiger charge is -2.29. The van der Waals surface area contributed by atoms with Crippen LogP contribution in [0.15, 0.2) is 42.6 Å². The van der Waals surface area contributed by atoms with Gasteiger partial charge in [0, 0.05) is 36.8 Å². The molecule has 0 saturated heterocycles. The molecule has 0 unspecified atom stereocenters. The average Bonchev–Trinajstić information content (AvgIpc) is 3.12. The second-order valence-corrected chi connectivity index (χ2v) is 9.67. The Labute approximate surface area is 195 Å². The molecule has 0 radical (unpaired) electrons. The molecular weight excluding hydrogens is 414 g/mol. The van der Waals surface area contributed by atoms with Gasteiger partial charge in [0.1, 0.15) is 5.65 Å². The van der Waals surface area contributed by atoms with Gasteiger partial charge in [0.15, 0.2) is 0 Å². The lowest BCUT2D eigenvalue weighted by atomic mass is 9.87. The summed E-state index contributed by atoms with van der Waals surface area (Å²) in [4.78, 5) is 30.9. The van der Waals surface area contributed by atoms with Gasteiger partial charge >= 0.3 is 5.97 Å². The van der Waals surface area contributed by atoms with Crippen LogP contribution in [0.2, 0.25) is 0 Å². The van der Waals surface area contributed by atoms with E-state index >= 15 is 0 Å². The second-order valence-electron chi connectivity index (χ2n) is 9.67. The minimum Gasteiger partial charge on any atom is -0.481 e. The van der Waals surface area contributed by atoms with Crippen molar-refractivity contribution < 1.29 is 14.7 Å². The van der Waals surface area contributed by atoms with E-state index in [1.807, 2.05) is 17.2 Å². The van der Waals surface area contributed by atoms with Crippen LogP contribution in [0.25, 0.3) is 11.0 Å². The van der Waals surface area contributed by atoms with Crippen molar-refractivity contribution in [1.29, 1.82) is 0 Å². The highest BCUT2D eigenvalue weighted by Gasteiger charge is 2.29. The van der Waals surface area contributed by atoms with E-state index in [4.69, 9.17) is 4.98 Å². The summed E-state index contributed by atoms with van der Waals surface area (Å²) < 4.78 is 2.27. The first-order chi connectivity index (χ1) is 15.8. The number of aryl methyl sites for hydroxylation is 1. The maximum atomic E-state index is 13.0. The summed E-state index contributed by atoms with van der Waals surface area (Å²) in [6.07, 6.45) is 5.09. The molecule has 3 heterocycles. The van der Waals surface area contributed by atoms with Crippen molar-refractivity contribution in [1.82, 2.24) is 14.5 Å². The number of amides is 1. The van der Waals surface area contributed by atoms with Gasteiger partial charge < -0.3 is 14.6 Å². The molecule has 1 aromatic carbocycles. The standard InChI is InChI=1S/C27H33N3O3/c1-4-19-8-5-9-20(16-19)17-30-23-18-29(24(31)11-6-13-27(2,3)26(32)33)15-12-21(23)22-10-7-14-28-25(22)30/h5,7-10,14,16H,4,6,11-13,15,17-18H2,1-3H3,(H,32,33). The van der Waals surface area contributed by atoms with Crippen molar-refractivity contribution in [2.45, 2.75) is 66.0 Å². The van der Waals surface area contributed by atoms with Gasteiger partial charge in [0.25, 0.3) is 0 Å². The number of rotatable bonds is 8. The molecule has 1 amide bonds. The molecule has 3 aromatic rings. The van der Waals surface area contributed by atoms with Gasteiger partial charge in [-0.1, -0.05) is 31.2 Å². The molecule has 6 nitrogen and oxygen atoms in total. The van der Waals surface area contributed by atoms with Crippen LogP contribution in [-0.4, -0.2) is 38.0 Å². The topological polar surface area (TPSA) is 75.4 Å². The molecule has 174 valence electrons. The van der Waals surface area contributed by atoms with Crippen molar-refractivity contribution in [3.05, 3.63) is 65.0 Å². The van der Waals surface area contributed by atoms with E-state index in [0.717, 1.165) is 30.7 Å². The zero-order chi connectivity index (χ0) is 23.6. The average molecular weight is 448 g/mol. The molecule has 2 aromatic heterocycles. The van der Waals surface area contributed by atoms with Crippen LogP contribution < -0.4 is 0 Å². The largest absolute Gasteiger partial charge is 0.481 e. The third kappa shape index (κ3) is 4.80. The van der Waals surface area contributed by atoms with E-state index < -0.39 is 11.4 Å². The number of carboxylic acid groups (broad SMARTS) is 1. The summed E-state index contributed by atoms with van der Waals surface area (Å²) in [5, 5.41) is 10.5. The van der Waals surface area contributed by atoms with E-state index in [9.17, 15) is 14.7 Å². The van der Waals surface area contributed by atoms with Crippen molar-refractivity contribution in [3.8, 4) is 0 Å². The number of hydrogen-bond acceptors (Lipinski definition) is 3. The smallest absolute Gasteiger partial charge is 0.309 e. The number of aliphatic carboxylic acids is 1.